The molecule has 0 bridgehead atoms. The molecule has 1 aromatic rings. The molecule has 74 valence electrons. The number of hydrogen-bond donors (Lipinski definition) is 3. The fourth-order valence-corrected chi connectivity index (χ4v) is 0.951. The molecule has 0 saturated carbocycles. The highest BCUT2D eigenvalue weighted by molar-refractivity contribution is 6.42. The van der Waals surface area contributed by atoms with Crippen LogP contribution in [0.25, 0.3) is 0 Å². The van der Waals surface area contributed by atoms with E-state index in [-0.39, 0.29) is 10.9 Å². The molecule has 0 spiro atoms. The number of halogens is 2. The molecular formula is C9H9Cl2N3. The highest BCUT2D eigenvalue weighted by atomic mass is 35.5. The molecule has 14 heavy (non-hydrogen) atoms. The predicted molar refractivity (Wildman–Crippen MR) is 60.9 cm³/mol. The van der Waals surface area contributed by atoms with Gasteiger partial charge in [-0.25, -0.2) is 0 Å². The summed E-state index contributed by atoms with van der Waals surface area (Å²) >= 11 is 11.3. The number of rotatable bonds is 3. The first-order valence-corrected chi connectivity index (χ1v) is 4.57. The summed E-state index contributed by atoms with van der Waals surface area (Å²) in [5, 5.41) is 10.7. The van der Waals surface area contributed by atoms with Gasteiger partial charge in [-0.2, -0.15) is 0 Å². The number of benzene rings is 1. The lowest BCUT2D eigenvalue weighted by Gasteiger charge is -2.01. The quantitative estimate of drug-likeness (QED) is 0.552. The van der Waals surface area contributed by atoms with Crippen molar-refractivity contribution in [2.24, 2.45) is 5.73 Å². The fourth-order valence-electron chi connectivity index (χ4n) is 0.771. The third-order valence-corrected chi connectivity index (χ3v) is 2.03. The number of amidine groups is 1. The van der Waals surface area contributed by atoms with Crippen LogP contribution in [0.2, 0.25) is 5.02 Å². The minimum absolute atomic E-state index is 0.167. The Morgan fingerprint density at radius 2 is 1.93 bits per heavy atom. The van der Waals surface area contributed by atoms with Crippen molar-refractivity contribution in [1.82, 2.24) is 0 Å². The lowest BCUT2D eigenvalue weighted by atomic mass is 10.3. The first-order chi connectivity index (χ1) is 6.59. The molecule has 0 aliphatic carbocycles. The summed E-state index contributed by atoms with van der Waals surface area (Å²) in [7, 11) is 0. The summed E-state index contributed by atoms with van der Waals surface area (Å²) in [5.74, 6) is -0.173. The van der Waals surface area contributed by atoms with Crippen LogP contribution < -0.4 is 11.1 Å². The average molecular weight is 230 g/mol. The molecule has 4 N–H and O–H groups in total. The third kappa shape index (κ3) is 3.28. The number of hydrogen-bond acceptors (Lipinski definition) is 2. The molecule has 0 atom stereocenters. The van der Waals surface area contributed by atoms with E-state index in [0.717, 1.165) is 5.69 Å². The lowest BCUT2D eigenvalue weighted by molar-refractivity contribution is 1.45. The Hall–Kier alpha value is -1.19. The van der Waals surface area contributed by atoms with Gasteiger partial charge < -0.3 is 11.1 Å². The van der Waals surface area contributed by atoms with Gasteiger partial charge in [0.2, 0.25) is 0 Å². The Morgan fingerprint density at radius 3 is 2.43 bits per heavy atom. The lowest BCUT2D eigenvalue weighted by Crippen LogP contribution is -2.10. The second-order valence-corrected chi connectivity index (χ2v) is 3.40. The van der Waals surface area contributed by atoms with Crippen molar-refractivity contribution in [3.63, 3.8) is 0 Å². The Morgan fingerprint density at radius 1 is 1.36 bits per heavy atom. The van der Waals surface area contributed by atoms with E-state index >= 15 is 0 Å². The smallest absolute Gasteiger partial charge is 0.136 e. The van der Waals surface area contributed by atoms with E-state index in [2.05, 4.69) is 5.32 Å². The molecule has 0 heterocycles. The van der Waals surface area contributed by atoms with Crippen molar-refractivity contribution in [1.29, 1.82) is 5.41 Å². The molecule has 5 heteroatoms. The maximum atomic E-state index is 7.02. The van der Waals surface area contributed by atoms with Crippen LogP contribution >= 0.6 is 23.2 Å². The van der Waals surface area contributed by atoms with Crippen LogP contribution in [0.15, 0.2) is 35.5 Å². The standard InChI is InChI=1S/C9H9Cl2N3/c10-6-1-3-7(4-2-6)14-5-8(11)9(12)13/h1-5,14H,(H3,12,13)/b8-5+. The van der Waals surface area contributed by atoms with Crippen LogP contribution in [0.5, 0.6) is 0 Å². The second kappa shape index (κ2) is 4.88. The molecule has 0 aliphatic rings. The largest absolute Gasteiger partial charge is 0.383 e. The van der Waals surface area contributed by atoms with E-state index in [1.54, 1.807) is 24.3 Å². The second-order valence-electron chi connectivity index (χ2n) is 2.56. The normalized spacial score (nSPS) is 11.1. The summed E-state index contributed by atoms with van der Waals surface area (Å²) in [6.45, 7) is 0. The monoisotopic (exact) mass is 229 g/mol. The molecule has 0 aliphatic heterocycles. The summed E-state index contributed by atoms with van der Waals surface area (Å²) in [5.41, 5.74) is 5.97. The average Bonchev–Trinajstić information content (AvgIpc) is 2.16. The van der Waals surface area contributed by atoms with Gasteiger partial charge in [-0.3, -0.25) is 5.41 Å². The van der Waals surface area contributed by atoms with E-state index in [4.69, 9.17) is 34.3 Å². The van der Waals surface area contributed by atoms with Gasteiger partial charge in [0.05, 0.1) is 5.03 Å². The zero-order chi connectivity index (χ0) is 10.6. The Labute approximate surface area is 92.0 Å². The van der Waals surface area contributed by atoms with Gasteiger partial charge in [0.15, 0.2) is 0 Å². The highest BCUT2D eigenvalue weighted by Crippen LogP contribution is 2.13. The van der Waals surface area contributed by atoms with E-state index in [1.165, 1.54) is 6.20 Å². The van der Waals surface area contributed by atoms with Crippen molar-refractivity contribution >= 4 is 34.7 Å². The first kappa shape index (κ1) is 10.9. The van der Waals surface area contributed by atoms with E-state index < -0.39 is 0 Å². The van der Waals surface area contributed by atoms with Crippen LogP contribution in [-0.4, -0.2) is 5.84 Å². The summed E-state index contributed by atoms with van der Waals surface area (Å²) in [6.07, 6.45) is 1.45. The van der Waals surface area contributed by atoms with Gasteiger partial charge >= 0.3 is 0 Å². The summed E-state index contributed by atoms with van der Waals surface area (Å²) in [6, 6.07) is 7.09. The molecule has 0 aromatic heterocycles. The molecule has 0 saturated heterocycles. The van der Waals surface area contributed by atoms with Crippen LogP contribution in [0.1, 0.15) is 0 Å². The van der Waals surface area contributed by atoms with Crippen molar-refractivity contribution in [2.45, 2.75) is 0 Å². The van der Waals surface area contributed by atoms with Crippen LogP contribution in [0, 0.1) is 5.41 Å². The zero-order valence-electron chi connectivity index (χ0n) is 7.22. The van der Waals surface area contributed by atoms with Gasteiger partial charge in [0.25, 0.3) is 0 Å². The molecule has 0 amide bonds. The summed E-state index contributed by atoms with van der Waals surface area (Å²) < 4.78 is 0. The molecule has 0 radical (unpaired) electrons. The predicted octanol–water partition coefficient (Wildman–Crippen LogP) is 2.77. The minimum Gasteiger partial charge on any atom is -0.383 e. The Bertz CT molecular complexity index is 357. The van der Waals surface area contributed by atoms with Crippen molar-refractivity contribution < 1.29 is 0 Å². The van der Waals surface area contributed by atoms with Crippen LogP contribution in [0.4, 0.5) is 5.69 Å². The minimum atomic E-state index is -0.173. The summed E-state index contributed by atoms with van der Waals surface area (Å²) in [4.78, 5) is 0. The SMILES string of the molecule is N=C(N)/C(Cl)=C\Nc1ccc(Cl)cc1. The number of nitrogens with two attached hydrogens (primary N) is 1. The molecular weight excluding hydrogens is 221 g/mol. The van der Waals surface area contributed by atoms with Gasteiger partial charge in [-0.1, -0.05) is 23.2 Å². The number of anilines is 1. The first-order valence-electron chi connectivity index (χ1n) is 3.82. The molecule has 0 fully saturated rings. The van der Waals surface area contributed by atoms with Crippen molar-refractivity contribution in [3.8, 4) is 0 Å². The van der Waals surface area contributed by atoms with Gasteiger partial charge in [-0.15, -0.1) is 0 Å². The Balaban J connectivity index is 2.66. The highest BCUT2D eigenvalue weighted by Gasteiger charge is 1.95. The van der Waals surface area contributed by atoms with Crippen molar-refractivity contribution in [3.05, 3.63) is 40.5 Å². The van der Waals surface area contributed by atoms with Crippen molar-refractivity contribution in [2.75, 3.05) is 5.32 Å². The fraction of sp³-hybridized carbons (Fsp3) is 0. The van der Waals surface area contributed by atoms with E-state index in [1.807, 2.05) is 0 Å². The maximum Gasteiger partial charge on any atom is 0.136 e. The van der Waals surface area contributed by atoms with Gasteiger partial charge in [0, 0.05) is 16.9 Å². The number of nitrogens with one attached hydrogen (secondary N) is 2. The molecule has 1 rings (SSSR count). The molecule has 0 unspecified atom stereocenters. The maximum absolute atomic E-state index is 7.02. The molecule has 3 nitrogen and oxygen atoms in total. The van der Waals surface area contributed by atoms with Crippen LogP contribution in [0.3, 0.4) is 0 Å². The van der Waals surface area contributed by atoms with Crippen LogP contribution in [-0.2, 0) is 0 Å². The van der Waals surface area contributed by atoms with Gasteiger partial charge in [-0.05, 0) is 24.3 Å². The molecule has 1 aromatic carbocycles. The topological polar surface area (TPSA) is 61.9 Å². The van der Waals surface area contributed by atoms with E-state index in [9.17, 15) is 0 Å². The Kier molecular flexibility index (Phi) is 3.80. The van der Waals surface area contributed by atoms with E-state index in [0.29, 0.717) is 5.02 Å². The zero-order valence-corrected chi connectivity index (χ0v) is 8.73. The third-order valence-electron chi connectivity index (χ3n) is 1.47. The van der Waals surface area contributed by atoms with Gasteiger partial charge in [0.1, 0.15) is 5.84 Å².